The molecular formula is C17H17ClF3N5O2. The molecule has 3 N–H and O–H groups in total. The Labute approximate surface area is 163 Å². The molecule has 0 saturated heterocycles. The van der Waals surface area contributed by atoms with Crippen LogP contribution in [-0.2, 0) is 6.18 Å². The smallest absolute Gasteiger partial charge is 0.351 e. The number of rotatable bonds is 8. The quantitative estimate of drug-likeness (QED) is 0.572. The maximum Gasteiger partial charge on any atom is 0.417 e. The fraction of sp³-hybridized carbons (Fsp3) is 0.294. The monoisotopic (exact) mass is 415 g/mol. The molecule has 150 valence electrons. The first-order valence-corrected chi connectivity index (χ1v) is 8.56. The zero-order valence-corrected chi connectivity index (χ0v) is 15.3. The van der Waals surface area contributed by atoms with Crippen LogP contribution in [0.3, 0.4) is 0 Å². The van der Waals surface area contributed by atoms with E-state index in [0.717, 1.165) is 0 Å². The third-order valence-electron chi connectivity index (χ3n) is 3.48. The zero-order valence-electron chi connectivity index (χ0n) is 14.5. The van der Waals surface area contributed by atoms with Gasteiger partial charge in [0.05, 0.1) is 16.1 Å². The van der Waals surface area contributed by atoms with Crippen LogP contribution in [0.15, 0.2) is 36.8 Å². The molecule has 0 aromatic carbocycles. The number of hydrogen-bond donors (Lipinski definition) is 3. The Bertz CT molecular complexity index is 818. The number of halogens is 4. The molecule has 0 bridgehead atoms. The lowest BCUT2D eigenvalue weighted by molar-refractivity contribution is -0.137. The van der Waals surface area contributed by atoms with Crippen molar-refractivity contribution in [1.29, 1.82) is 0 Å². The van der Waals surface area contributed by atoms with E-state index in [1.807, 2.05) is 0 Å². The van der Waals surface area contributed by atoms with E-state index in [9.17, 15) is 22.8 Å². The van der Waals surface area contributed by atoms with Crippen LogP contribution in [0, 0.1) is 0 Å². The van der Waals surface area contributed by atoms with Gasteiger partial charge in [0, 0.05) is 44.8 Å². The van der Waals surface area contributed by atoms with E-state index in [0.29, 0.717) is 37.5 Å². The molecule has 0 atom stereocenters. The van der Waals surface area contributed by atoms with Crippen LogP contribution in [-0.4, -0.2) is 48.0 Å². The van der Waals surface area contributed by atoms with Gasteiger partial charge in [-0.2, -0.15) is 13.2 Å². The highest BCUT2D eigenvalue weighted by molar-refractivity contribution is 6.33. The highest BCUT2D eigenvalue weighted by Crippen LogP contribution is 2.30. The molecule has 0 saturated carbocycles. The van der Waals surface area contributed by atoms with Gasteiger partial charge in [0.25, 0.3) is 11.8 Å². The van der Waals surface area contributed by atoms with Crippen molar-refractivity contribution < 1.29 is 22.8 Å². The van der Waals surface area contributed by atoms with Crippen molar-refractivity contribution in [2.24, 2.45) is 0 Å². The first-order valence-electron chi connectivity index (χ1n) is 8.19. The van der Waals surface area contributed by atoms with Crippen molar-refractivity contribution in [2.45, 2.75) is 6.18 Å². The number of hydrogen-bond acceptors (Lipinski definition) is 5. The summed E-state index contributed by atoms with van der Waals surface area (Å²) in [5.41, 5.74) is -0.849. The topological polar surface area (TPSA) is 96.0 Å². The summed E-state index contributed by atoms with van der Waals surface area (Å²) in [6.45, 7) is 1.41. The van der Waals surface area contributed by atoms with Gasteiger partial charge < -0.3 is 16.0 Å². The molecule has 0 aliphatic carbocycles. The van der Waals surface area contributed by atoms with E-state index in [-0.39, 0.29) is 23.2 Å². The molecule has 7 nitrogen and oxygen atoms in total. The molecule has 2 aromatic rings. The summed E-state index contributed by atoms with van der Waals surface area (Å²) in [4.78, 5) is 31.0. The number of carbonyl (C=O) groups excluding carboxylic acids is 2. The zero-order chi connectivity index (χ0) is 20.6. The number of amides is 2. The summed E-state index contributed by atoms with van der Waals surface area (Å²) in [7, 11) is 0. The maximum atomic E-state index is 12.6. The molecule has 0 radical (unpaired) electrons. The van der Waals surface area contributed by atoms with Crippen LogP contribution in [0.5, 0.6) is 0 Å². The summed E-state index contributed by atoms with van der Waals surface area (Å²) in [5.74, 6) is -0.920. The summed E-state index contributed by atoms with van der Waals surface area (Å²) >= 11 is 5.71. The predicted octanol–water partition coefficient (Wildman–Crippen LogP) is 1.90. The van der Waals surface area contributed by atoms with E-state index in [1.54, 1.807) is 18.3 Å². The third-order valence-corrected chi connectivity index (χ3v) is 3.77. The molecule has 2 rings (SSSR count). The molecule has 2 aromatic heterocycles. The number of nitrogens with one attached hydrogen (secondary N) is 3. The fourth-order valence-corrected chi connectivity index (χ4v) is 2.35. The minimum atomic E-state index is -4.58. The molecule has 2 heterocycles. The lowest BCUT2D eigenvalue weighted by atomic mass is 10.2. The van der Waals surface area contributed by atoms with E-state index in [1.165, 1.54) is 6.20 Å². The molecule has 0 spiro atoms. The van der Waals surface area contributed by atoms with Crippen molar-refractivity contribution in [3.8, 4) is 0 Å². The van der Waals surface area contributed by atoms with E-state index < -0.39 is 17.6 Å². The average Bonchev–Trinajstić information content (AvgIpc) is 2.66. The highest BCUT2D eigenvalue weighted by Gasteiger charge is 2.32. The van der Waals surface area contributed by atoms with E-state index >= 15 is 0 Å². The van der Waals surface area contributed by atoms with Gasteiger partial charge in [0.15, 0.2) is 0 Å². The van der Waals surface area contributed by atoms with Crippen LogP contribution in [0.25, 0.3) is 0 Å². The van der Waals surface area contributed by atoms with Gasteiger partial charge >= 0.3 is 6.18 Å². The normalized spacial score (nSPS) is 11.1. The van der Waals surface area contributed by atoms with E-state index in [4.69, 9.17) is 11.6 Å². The van der Waals surface area contributed by atoms with Crippen molar-refractivity contribution in [3.63, 3.8) is 0 Å². The molecule has 0 fully saturated rings. The second kappa shape index (κ2) is 10.00. The number of alkyl halides is 3. The van der Waals surface area contributed by atoms with Crippen molar-refractivity contribution in [3.05, 3.63) is 58.6 Å². The Morgan fingerprint density at radius 3 is 2.29 bits per heavy atom. The van der Waals surface area contributed by atoms with Crippen molar-refractivity contribution in [1.82, 2.24) is 25.9 Å². The Hall–Kier alpha value is -2.72. The van der Waals surface area contributed by atoms with Gasteiger partial charge in [-0.1, -0.05) is 11.6 Å². The number of carbonyl (C=O) groups is 2. The van der Waals surface area contributed by atoms with Crippen LogP contribution in [0.2, 0.25) is 5.02 Å². The minimum Gasteiger partial charge on any atom is -0.351 e. The first kappa shape index (κ1) is 21.6. The largest absolute Gasteiger partial charge is 0.417 e. The van der Waals surface area contributed by atoms with Crippen LogP contribution in [0.4, 0.5) is 13.2 Å². The average molecular weight is 416 g/mol. The van der Waals surface area contributed by atoms with Crippen molar-refractivity contribution in [2.75, 3.05) is 26.2 Å². The Kier molecular flexibility index (Phi) is 7.70. The predicted molar refractivity (Wildman–Crippen MR) is 96.0 cm³/mol. The number of nitrogens with zero attached hydrogens (tertiary/aromatic N) is 2. The lowest BCUT2D eigenvalue weighted by Gasteiger charge is -2.10. The maximum absolute atomic E-state index is 12.6. The van der Waals surface area contributed by atoms with Gasteiger partial charge in [-0.25, -0.2) is 4.98 Å². The van der Waals surface area contributed by atoms with Crippen LogP contribution >= 0.6 is 11.6 Å². The summed E-state index contributed by atoms with van der Waals surface area (Å²) in [6, 6.07) is 3.96. The number of aromatic nitrogens is 2. The molecule has 0 aliphatic rings. The number of pyridine rings is 2. The molecule has 11 heteroatoms. The third kappa shape index (κ3) is 6.46. The van der Waals surface area contributed by atoms with Gasteiger partial charge in [0.1, 0.15) is 5.69 Å². The summed E-state index contributed by atoms with van der Waals surface area (Å²) < 4.78 is 37.7. The van der Waals surface area contributed by atoms with Crippen LogP contribution in [0.1, 0.15) is 26.4 Å². The SMILES string of the molecule is O=C(NCCNCCNC(=O)c1ncc(C(F)(F)F)cc1Cl)c1cccnc1. The van der Waals surface area contributed by atoms with Gasteiger partial charge in [-0.15, -0.1) is 0 Å². The Morgan fingerprint density at radius 2 is 1.71 bits per heavy atom. The van der Waals surface area contributed by atoms with Crippen LogP contribution < -0.4 is 16.0 Å². The molecular weight excluding hydrogens is 399 g/mol. The Morgan fingerprint density at radius 1 is 1.04 bits per heavy atom. The summed E-state index contributed by atoms with van der Waals surface area (Å²) in [5, 5.41) is 7.82. The second-order valence-electron chi connectivity index (χ2n) is 5.56. The van der Waals surface area contributed by atoms with E-state index in [2.05, 4.69) is 25.9 Å². The highest BCUT2D eigenvalue weighted by atomic mass is 35.5. The first-order chi connectivity index (χ1) is 13.3. The van der Waals surface area contributed by atoms with Crippen molar-refractivity contribution >= 4 is 23.4 Å². The molecule has 2 amide bonds. The van der Waals surface area contributed by atoms with Gasteiger partial charge in [-0.05, 0) is 18.2 Å². The van der Waals surface area contributed by atoms with Gasteiger partial charge in [0.2, 0.25) is 0 Å². The second-order valence-corrected chi connectivity index (χ2v) is 5.96. The minimum absolute atomic E-state index is 0.203. The standard InChI is InChI=1S/C17H17ClF3N5O2/c18-13-8-12(17(19,20)21)10-26-14(13)16(28)25-7-5-22-4-6-24-15(27)11-2-1-3-23-9-11/h1-3,8-10,22H,4-7H2,(H,24,27)(H,25,28). The fourth-order valence-electron chi connectivity index (χ4n) is 2.10. The molecule has 0 unspecified atom stereocenters. The lowest BCUT2D eigenvalue weighted by Crippen LogP contribution is -2.36. The Balaban J connectivity index is 1.66. The summed E-state index contributed by atoms with van der Waals surface area (Å²) in [6.07, 6.45) is -0.995. The molecule has 0 aliphatic heterocycles. The van der Waals surface area contributed by atoms with Gasteiger partial charge in [-0.3, -0.25) is 14.6 Å². The molecule has 28 heavy (non-hydrogen) atoms.